The number of rotatable bonds is 13. The molecule has 0 radical (unpaired) electrons. The normalized spacial score (nSPS) is 11.5. The van der Waals surface area contributed by atoms with Gasteiger partial charge in [0.25, 0.3) is 5.91 Å². The number of hydrogen-bond acceptors (Lipinski definition) is 6. The number of nitrogens with zero attached hydrogens (tertiary/aromatic N) is 2. The summed E-state index contributed by atoms with van der Waals surface area (Å²) in [6.45, 7) is 3.68. The Morgan fingerprint density at radius 2 is 1.79 bits per heavy atom. The van der Waals surface area contributed by atoms with E-state index in [1.165, 1.54) is 0 Å². The number of carboxylic acid groups (broad SMARTS) is 1. The Labute approximate surface area is 233 Å². The van der Waals surface area contributed by atoms with Crippen molar-refractivity contribution in [1.29, 1.82) is 0 Å². The minimum Gasteiger partial charge on any atom is -0.497 e. The van der Waals surface area contributed by atoms with Crippen LogP contribution >= 0.6 is 11.3 Å². The maximum atomic E-state index is 12.8. The summed E-state index contributed by atoms with van der Waals surface area (Å²) in [6.07, 6.45) is 2.32. The van der Waals surface area contributed by atoms with Crippen LogP contribution in [-0.2, 0) is 17.8 Å². The van der Waals surface area contributed by atoms with Crippen LogP contribution in [0.25, 0.3) is 11.3 Å². The Kier molecular flexibility index (Phi) is 9.69. The number of ether oxygens (including phenoxy) is 1. The average Bonchev–Trinajstić information content (AvgIpc) is 3.46. The predicted molar refractivity (Wildman–Crippen MR) is 156 cm³/mol. The van der Waals surface area contributed by atoms with Crippen molar-refractivity contribution in [3.8, 4) is 17.0 Å². The first-order valence-corrected chi connectivity index (χ1v) is 13.9. The second kappa shape index (κ2) is 13.6. The van der Waals surface area contributed by atoms with Crippen molar-refractivity contribution in [2.45, 2.75) is 38.8 Å². The molecular weight excluding hydrogens is 510 g/mol. The van der Waals surface area contributed by atoms with Gasteiger partial charge in [-0.2, -0.15) is 0 Å². The number of thiazole rings is 1. The fraction of sp³-hybridized carbons (Fsp3) is 0.258. The number of carbonyl (C=O) groups is 2. The van der Waals surface area contributed by atoms with Crippen LogP contribution in [0.3, 0.4) is 0 Å². The van der Waals surface area contributed by atoms with E-state index in [1.54, 1.807) is 30.6 Å². The molecule has 1 aromatic heterocycles. The summed E-state index contributed by atoms with van der Waals surface area (Å²) in [4.78, 5) is 31.7. The van der Waals surface area contributed by atoms with Crippen LogP contribution in [0.5, 0.6) is 5.75 Å². The molecule has 0 saturated carbocycles. The lowest BCUT2D eigenvalue weighted by Crippen LogP contribution is -2.42. The molecule has 1 unspecified atom stereocenters. The molecule has 8 heteroatoms. The van der Waals surface area contributed by atoms with Gasteiger partial charge in [0.2, 0.25) is 0 Å². The summed E-state index contributed by atoms with van der Waals surface area (Å²) in [6, 6.07) is 23.5. The highest BCUT2D eigenvalue weighted by Crippen LogP contribution is 2.30. The number of hydrogen-bond donors (Lipinski definition) is 2. The number of methoxy groups -OCH3 is 1. The number of aromatic nitrogens is 1. The highest BCUT2D eigenvalue weighted by Gasteiger charge is 2.21. The van der Waals surface area contributed by atoms with Gasteiger partial charge in [-0.15, -0.1) is 11.3 Å². The molecule has 0 saturated heterocycles. The van der Waals surface area contributed by atoms with Crippen LogP contribution in [0, 0.1) is 0 Å². The lowest BCUT2D eigenvalue weighted by atomic mass is 10.1. The van der Waals surface area contributed by atoms with E-state index in [4.69, 9.17) is 9.72 Å². The topological polar surface area (TPSA) is 91.8 Å². The molecule has 0 fully saturated rings. The Morgan fingerprint density at radius 3 is 2.49 bits per heavy atom. The number of aliphatic carboxylic acids is 1. The maximum absolute atomic E-state index is 12.8. The highest BCUT2D eigenvalue weighted by atomic mass is 32.1. The van der Waals surface area contributed by atoms with Gasteiger partial charge in [-0.25, -0.2) is 9.78 Å². The Hall–Kier alpha value is -4.17. The Morgan fingerprint density at radius 1 is 1.03 bits per heavy atom. The second-order valence-electron chi connectivity index (χ2n) is 9.27. The zero-order valence-electron chi connectivity index (χ0n) is 22.2. The minimum absolute atomic E-state index is 0.220. The monoisotopic (exact) mass is 543 g/mol. The van der Waals surface area contributed by atoms with E-state index in [1.807, 2.05) is 66.7 Å². The van der Waals surface area contributed by atoms with Gasteiger partial charge in [0, 0.05) is 36.0 Å². The van der Waals surface area contributed by atoms with E-state index in [0.29, 0.717) is 12.1 Å². The van der Waals surface area contributed by atoms with E-state index in [-0.39, 0.29) is 6.42 Å². The molecule has 7 nitrogen and oxygen atoms in total. The molecule has 202 valence electrons. The van der Waals surface area contributed by atoms with Crippen molar-refractivity contribution in [2.24, 2.45) is 0 Å². The van der Waals surface area contributed by atoms with E-state index in [9.17, 15) is 14.7 Å². The van der Waals surface area contributed by atoms with Crippen molar-refractivity contribution in [1.82, 2.24) is 10.3 Å². The lowest BCUT2D eigenvalue weighted by molar-refractivity contribution is -0.139. The first-order chi connectivity index (χ1) is 19.0. The number of carboxylic acids is 1. The van der Waals surface area contributed by atoms with Crippen LogP contribution in [0.1, 0.15) is 41.3 Å². The average molecular weight is 544 g/mol. The molecule has 1 atom stereocenters. The van der Waals surface area contributed by atoms with Crippen LogP contribution in [0.15, 0.2) is 84.2 Å². The van der Waals surface area contributed by atoms with Crippen LogP contribution < -0.4 is 15.0 Å². The van der Waals surface area contributed by atoms with E-state index >= 15 is 0 Å². The molecule has 3 aromatic carbocycles. The molecule has 39 heavy (non-hydrogen) atoms. The molecular formula is C31H33N3O4S. The van der Waals surface area contributed by atoms with Gasteiger partial charge in [0.1, 0.15) is 11.8 Å². The van der Waals surface area contributed by atoms with Gasteiger partial charge in [-0.1, -0.05) is 67.9 Å². The molecule has 4 aromatic rings. The number of carbonyl (C=O) groups excluding carboxylic acids is 1. The van der Waals surface area contributed by atoms with E-state index in [0.717, 1.165) is 52.7 Å². The van der Waals surface area contributed by atoms with Crippen molar-refractivity contribution >= 4 is 28.3 Å². The molecule has 0 spiro atoms. The van der Waals surface area contributed by atoms with Gasteiger partial charge in [0.05, 0.1) is 12.8 Å². The predicted octanol–water partition coefficient (Wildman–Crippen LogP) is 6.05. The third kappa shape index (κ3) is 7.67. The second-order valence-corrected chi connectivity index (χ2v) is 10.1. The fourth-order valence-electron chi connectivity index (χ4n) is 4.19. The van der Waals surface area contributed by atoms with Crippen LogP contribution in [0.4, 0.5) is 5.13 Å². The molecule has 0 aliphatic rings. The van der Waals surface area contributed by atoms with Gasteiger partial charge < -0.3 is 20.1 Å². The molecule has 0 aliphatic heterocycles. The quantitative estimate of drug-likeness (QED) is 0.213. The van der Waals surface area contributed by atoms with Crippen molar-refractivity contribution in [3.63, 3.8) is 0 Å². The zero-order chi connectivity index (χ0) is 27.6. The summed E-state index contributed by atoms with van der Waals surface area (Å²) in [5.74, 6) is -0.675. The summed E-state index contributed by atoms with van der Waals surface area (Å²) in [7, 11) is 1.65. The number of benzene rings is 3. The van der Waals surface area contributed by atoms with Crippen molar-refractivity contribution in [3.05, 3.63) is 101 Å². The SMILES string of the molecule is CCCCN(Cc1ccc(C(=O)NC(Cc2ccccc2)C(=O)O)cc1)c1nc(-c2cccc(OC)c2)cs1. The van der Waals surface area contributed by atoms with Crippen molar-refractivity contribution < 1.29 is 19.4 Å². The molecule has 1 amide bonds. The summed E-state index contributed by atoms with van der Waals surface area (Å²) in [5.41, 5.74) is 4.23. The smallest absolute Gasteiger partial charge is 0.326 e. The third-order valence-corrected chi connectivity index (χ3v) is 7.29. The molecule has 0 bridgehead atoms. The molecule has 4 rings (SSSR count). The van der Waals surface area contributed by atoms with Crippen LogP contribution in [0.2, 0.25) is 0 Å². The first-order valence-electron chi connectivity index (χ1n) is 13.0. The standard InChI is InChI=1S/C31H33N3O4S/c1-3-4-17-34(31-33-28(21-39-31)25-11-8-12-26(19-25)38-2)20-23-13-15-24(16-14-23)29(35)32-27(30(36)37)18-22-9-6-5-7-10-22/h5-16,19,21,27H,3-4,17-18,20H2,1-2H3,(H,32,35)(H,36,37). The summed E-state index contributed by atoms with van der Waals surface area (Å²) < 4.78 is 5.36. The number of nitrogens with one attached hydrogen (secondary N) is 1. The van der Waals surface area contributed by atoms with Gasteiger partial charge >= 0.3 is 5.97 Å². The maximum Gasteiger partial charge on any atom is 0.326 e. The minimum atomic E-state index is -1.06. The number of amides is 1. The zero-order valence-corrected chi connectivity index (χ0v) is 23.0. The fourth-order valence-corrected chi connectivity index (χ4v) is 5.05. The number of anilines is 1. The Bertz CT molecular complexity index is 1370. The van der Waals surface area contributed by atoms with Gasteiger partial charge in [-0.3, -0.25) is 4.79 Å². The van der Waals surface area contributed by atoms with E-state index < -0.39 is 17.9 Å². The lowest BCUT2D eigenvalue weighted by Gasteiger charge is -2.22. The number of unbranched alkanes of at least 4 members (excludes halogenated alkanes) is 1. The van der Waals surface area contributed by atoms with Gasteiger partial charge in [-0.05, 0) is 41.8 Å². The third-order valence-electron chi connectivity index (χ3n) is 6.39. The van der Waals surface area contributed by atoms with Gasteiger partial charge in [0.15, 0.2) is 5.13 Å². The largest absolute Gasteiger partial charge is 0.497 e. The molecule has 2 N–H and O–H groups in total. The highest BCUT2D eigenvalue weighted by molar-refractivity contribution is 7.14. The summed E-state index contributed by atoms with van der Waals surface area (Å²) in [5, 5.41) is 15.3. The van der Waals surface area contributed by atoms with Crippen LogP contribution in [-0.4, -0.2) is 41.7 Å². The molecule has 1 heterocycles. The summed E-state index contributed by atoms with van der Waals surface area (Å²) >= 11 is 1.61. The molecule has 0 aliphatic carbocycles. The first kappa shape index (κ1) is 27.9. The van der Waals surface area contributed by atoms with Crippen molar-refractivity contribution in [2.75, 3.05) is 18.6 Å². The van der Waals surface area contributed by atoms with E-state index in [2.05, 4.69) is 22.5 Å². The Balaban J connectivity index is 1.44.